The number of benzene rings is 1. The molecule has 74 valence electrons. The fraction of sp³-hybridized carbons (Fsp3) is 0.167. The van der Waals surface area contributed by atoms with Crippen LogP contribution in [-0.4, -0.2) is 4.98 Å². The van der Waals surface area contributed by atoms with Crippen LogP contribution in [0.4, 0.5) is 5.69 Å². The minimum Gasteiger partial charge on any atom is -0.398 e. The molecule has 0 saturated carbocycles. The first-order valence-corrected chi connectivity index (χ1v) is 4.69. The smallest absolute Gasteiger partial charge is 0.143 e. The molecule has 0 atom stereocenters. The number of nitriles is 1. The zero-order valence-corrected chi connectivity index (χ0v) is 8.70. The van der Waals surface area contributed by atoms with Crippen molar-refractivity contribution in [1.29, 1.82) is 5.26 Å². The summed E-state index contributed by atoms with van der Waals surface area (Å²) >= 11 is 0. The Labute approximate surface area is 88.2 Å². The molecule has 0 bridgehead atoms. The Morgan fingerprint density at radius 1 is 1.27 bits per heavy atom. The van der Waals surface area contributed by atoms with Crippen LogP contribution in [0.3, 0.4) is 0 Å². The zero-order valence-electron chi connectivity index (χ0n) is 8.70. The first-order chi connectivity index (χ1) is 7.11. The van der Waals surface area contributed by atoms with Gasteiger partial charge in [-0.05, 0) is 31.5 Å². The average molecular weight is 197 g/mol. The van der Waals surface area contributed by atoms with Crippen LogP contribution in [0, 0.1) is 25.2 Å². The van der Waals surface area contributed by atoms with Gasteiger partial charge in [0.25, 0.3) is 0 Å². The number of nitrogens with zero attached hydrogens (tertiary/aromatic N) is 2. The van der Waals surface area contributed by atoms with Gasteiger partial charge in [0.1, 0.15) is 11.8 Å². The average Bonchev–Trinajstić information content (AvgIpc) is 2.19. The molecule has 0 radical (unpaired) electrons. The van der Waals surface area contributed by atoms with Gasteiger partial charge in [0.05, 0.1) is 5.52 Å². The quantitative estimate of drug-likeness (QED) is 0.704. The van der Waals surface area contributed by atoms with Gasteiger partial charge in [0.15, 0.2) is 0 Å². The maximum atomic E-state index is 8.80. The van der Waals surface area contributed by atoms with E-state index in [1.54, 1.807) is 6.07 Å². The highest BCUT2D eigenvalue weighted by Gasteiger charge is 2.06. The Morgan fingerprint density at radius 3 is 2.67 bits per heavy atom. The molecular weight excluding hydrogens is 186 g/mol. The minimum atomic E-state index is 0.368. The number of nitrogen functional groups attached to an aromatic ring is 1. The van der Waals surface area contributed by atoms with Crippen LogP contribution < -0.4 is 5.73 Å². The summed E-state index contributed by atoms with van der Waals surface area (Å²) in [7, 11) is 0. The van der Waals surface area contributed by atoms with Gasteiger partial charge in [0.2, 0.25) is 0 Å². The summed E-state index contributed by atoms with van der Waals surface area (Å²) < 4.78 is 0. The van der Waals surface area contributed by atoms with Gasteiger partial charge in [-0.25, -0.2) is 4.98 Å². The Balaban J connectivity index is 2.93. The van der Waals surface area contributed by atoms with Crippen LogP contribution in [0.15, 0.2) is 18.2 Å². The van der Waals surface area contributed by atoms with Crippen molar-refractivity contribution in [2.75, 3.05) is 5.73 Å². The number of aromatic nitrogens is 1. The minimum absolute atomic E-state index is 0.368. The second-order valence-electron chi connectivity index (χ2n) is 3.69. The Hall–Kier alpha value is -2.08. The molecule has 0 aliphatic carbocycles. The van der Waals surface area contributed by atoms with Crippen molar-refractivity contribution in [2.45, 2.75) is 13.8 Å². The molecule has 0 fully saturated rings. The molecule has 15 heavy (non-hydrogen) atoms. The van der Waals surface area contributed by atoms with Crippen molar-refractivity contribution in [3.63, 3.8) is 0 Å². The number of hydrogen-bond donors (Lipinski definition) is 1. The molecule has 0 spiro atoms. The van der Waals surface area contributed by atoms with Gasteiger partial charge in [0, 0.05) is 11.1 Å². The van der Waals surface area contributed by atoms with Crippen molar-refractivity contribution in [2.24, 2.45) is 0 Å². The van der Waals surface area contributed by atoms with E-state index in [9.17, 15) is 0 Å². The van der Waals surface area contributed by atoms with E-state index in [0.29, 0.717) is 11.4 Å². The predicted octanol–water partition coefficient (Wildman–Crippen LogP) is 2.31. The highest BCUT2D eigenvalue weighted by atomic mass is 14.7. The van der Waals surface area contributed by atoms with Crippen LogP contribution in [0.5, 0.6) is 0 Å². The van der Waals surface area contributed by atoms with Crippen molar-refractivity contribution in [3.05, 3.63) is 35.0 Å². The van der Waals surface area contributed by atoms with Crippen LogP contribution in [-0.2, 0) is 0 Å². The fourth-order valence-corrected chi connectivity index (χ4v) is 1.76. The summed E-state index contributed by atoms with van der Waals surface area (Å²) in [6.07, 6.45) is 0. The van der Waals surface area contributed by atoms with Gasteiger partial charge in [-0.3, -0.25) is 0 Å². The van der Waals surface area contributed by atoms with E-state index in [1.165, 1.54) is 0 Å². The standard InChI is InChI=1S/C12H11N3/c1-7-3-8(2)12-10(4-7)11(14)5-9(6-13)15-12/h3-5H,1-2H3,(H2,14,15). The molecule has 2 N–H and O–H groups in total. The van der Waals surface area contributed by atoms with Crippen molar-refractivity contribution in [3.8, 4) is 6.07 Å². The molecule has 1 aromatic carbocycles. The summed E-state index contributed by atoms with van der Waals surface area (Å²) in [5.41, 5.74) is 9.88. The van der Waals surface area contributed by atoms with Crippen LogP contribution in [0.1, 0.15) is 16.8 Å². The zero-order chi connectivity index (χ0) is 11.0. The van der Waals surface area contributed by atoms with Gasteiger partial charge >= 0.3 is 0 Å². The first-order valence-electron chi connectivity index (χ1n) is 4.69. The lowest BCUT2D eigenvalue weighted by atomic mass is 10.1. The molecule has 2 rings (SSSR count). The van der Waals surface area contributed by atoms with E-state index >= 15 is 0 Å². The highest BCUT2D eigenvalue weighted by Crippen LogP contribution is 2.24. The monoisotopic (exact) mass is 197 g/mol. The topological polar surface area (TPSA) is 62.7 Å². The molecule has 1 heterocycles. The molecule has 0 aliphatic rings. The predicted molar refractivity (Wildman–Crippen MR) is 60.3 cm³/mol. The SMILES string of the molecule is Cc1cc(C)c2nc(C#N)cc(N)c2c1. The molecule has 0 saturated heterocycles. The maximum absolute atomic E-state index is 8.80. The van der Waals surface area contributed by atoms with Gasteiger partial charge in [-0.1, -0.05) is 11.6 Å². The fourth-order valence-electron chi connectivity index (χ4n) is 1.76. The van der Waals surface area contributed by atoms with E-state index in [2.05, 4.69) is 4.98 Å². The molecule has 0 unspecified atom stereocenters. The third-order valence-electron chi connectivity index (χ3n) is 2.39. The summed E-state index contributed by atoms with van der Waals surface area (Å²) in [6, 6.07) is 7.65. The number of fused-ring (bicyclic) bond motifs is 1. The summed E-state index contributed by atoms with van der Waals surface area (Å²) in [4.78, 5) is 4.25. The van der Waals surface area contributed by atoms with E-state index in [-0.39, 0.29) is 0 Å². The number of hydrogen-bond acceptors (Lipinski definition) is 3. The number of nitrogens with two attached hydrogens (primary N) is 1. The van der Waals surface area contributed by atoms with E-state index in [0.717, 1.165) is 22.0 Å². The maximum Gasteiger partial charge on any atom is 0.143 e. The molecule has 0 amide bonds. The number of pyridine rings is 1. The first kappa shape index (κ1) is 9.47. The van der Waals surface area contributed by atoms with Crippen molar-refractivity contribution in [1.82, 2.24) is 4.98 Å². The van der Waals surface area contributed by atoms with Gasteiger partial charge in [-0.15, -0.1) is 0 Å². The molecular formula is C12H11N3. The third kappa shape index (κ3) is 1.50. The summed E-state index contributed by atoms with van der Waals surface area (Å²) in [5.74, 6) is 0. The highest BCUT2D eigenvalue weighted by molar-refractivity contribution is 5.93. The van der Waals surface area contributed by atoms with E-state index < -0.39 is 0 Å². The molecule has 0 aliphatic heterocycles. The number of rotatable bonds is 0. The number of aryl methyl sites for hydroxylation is 2. The van der Waals surface area contributed by atoms with Gasteiger partial charge < -0.3 is 5.73 Å². The molecule has 3 nitrogen and oxygen atoms in total. The van der Waals surface area contributed by atoms with Gasteiger partial charge in [-0.2, -0.15) is 5.26 Å². The number of anilines is 1. The van der Waals surface area contributed by atoms with Crippen LogP contribution >= 0.6 is 0 Å². The van der Waals surface area contributed by atoms with Crippen LogP contribution in [0.2, 0.25) is 0 Å². The lowest BCUT2D eigenvalue weighted by Gasteiger charge is -2.06. The third-order valence-corrected chi connectivity index (χ3v) is 2.39. The second kappa shape index (κ2) is 3.25. The Kier molecular flexibility index (Phi) is 2.05. The summed E-state index contributed by atoms with van der Waals surface area (Å²) in [6.45, 7) is 3.99. The molecule has 1 aromatic heterocycles. The Bertz CT molecular complexity index is 579. The van der Waals surface area contributed by atoms with Crippen molar-refractivity contribution >= 4 is 16.6 Å². The van der Waals surface area contributed by atoms with E-state index in [1.807, 2.05) is 32.0 Å². The normalized spacial score (nSPS) is 10.2. The molecule has 3 heteroatoms. The lowest BCUT2D eigenvalue weighted by Crippen LogP contribution is -1.95. The summed E-state index contributed by atoms with van der Waals surface area (Å²) in [5, 5.41) is 9.72. The van der Waals surface area contributed by atoms with E-state index in [4.69, 9.17) is 11.0 Å². The van der Waals surface area contributed by atoms with Crippen LogP contribution in [0.25, 0.3) is 10.9 Å². The lowest BCUT2D eigenvalue weighted by molar-refractivity contribution is 1.29. The second-order valence-corrected chi connectivity index (χ2v) is 3.69. The molecule has 2 aromatic rings. The Morgan fingerprint density at radius 2 is 2.00 bits per heavy atom. The largest absolute Gasteiger partial charge is 0.398 e. The van der Waals surface area contributed by atoms with Crippen molar-refractivity contribution < 1.29 is 0 Å².